The molecule has 25 heavy (non-hydrogen) atoms. The average molecular weight is 349 g/mol. The molecular weight excluding hydrogens is 312 g/mol. The number of benzene rings is 1. The summed E-state index contributed by atoms with van der Waals surface area (Å²) in [4.78, 5) is 6.82. The summed E-state index contributed by atoms with van der Waals surface area (Å²) in [6.45, 7) is 14.4. The Hall–Kier alpha value is -1.75. The van der Waals surface area contributed by atoms with Gasteiger partial charge in [-0.25, -0.2) is 0 Å². The summed E-state index contributed by atoms with van der Waals surface area (Å²) in [5, 5.41) is 6.76. The monoisotopic (exact) mass is 348 g/mol. The average Bonchev–Trinajstić information content (AvgIpc) is 2.58. The highest BCUT2D eigenvalue weighted by molar-refractivity contribution is 5.79. The molecule has 0 fully saturated rings. The Balaban J connectivity index is 2.41. The van der Waals surface area contributed by atoms with Crippen LogP contribution in [0.25, 0.3) is 0 Å². The molecule has 0 saturated heterocycles. The van der Waals surface area contributed by atoms with Crippen LogP contribution in [-0.4, -0.2) is 49.7 Å². The molecule has 2 N–H and O–H groups in total. The largest absolute Gasteiger partial charge is 0.494 e. The van der Waals surface area contributed by atoms with Crippen LogP contribution in [0.1, 0.15) is 46.6 Å². The van der Waals surface area contributed by atoms with Gasteiger partial charge in [0.2, 0.25) is 0 Å². The van der Waals surface area contributed by atoms with Crippen LogP contribution < -0.4 is 15.4 Å². The first kappa shape index (κ1) is 21.3. The normalized spacial score (nSPS) is 12.1. The molecule has 0 aromatic heterocycles. The van der Waals surface area contributed by atoms with Crippen LogP contribution in [0.3, 0.4) is 0 Å². The highest BCUT2D eigenvalue weighted by Gasteiger charge is 2.12. The van der Waals surface area contributed by atoms with Crippen LogP contribution in [0.4, 0.5) is 0 Å². The first-order chi connectivity index (χ1) is 12.0. The third-order valence-electron chi connectivity index (χ3n) is 4.15. The molecule has 0 radical (unpaired) electrons. The molecule has 0 aliphatic heterocycles. The van der Waals surface area contributed by atoms with Gasteiger partial charge in [0, 0.05) is 44.3 Å². The Kier molecular flexibility index (Phi) is 10.0. The molecule has 5 heteroatoms. The zero-order chi connectivity index (χ0) is 18.7. The maximum atomic E-state index is 5.67. The predicted molar refractivity (Wildman–Crippen MR) is 107 cm³/mol. The van der Waals surface area contributed by atoms with Gasteiger partial charge in [0.1, 0.15) is 5.75 Å². The second-order valence-electron chi connectivity index (χ2n) is 6.67. The molecular formula is C20H36N4O. The highest BCUT2D eigenvalue weighted by Crippen LogP contribution is 2.17. The quantitative estimate of drug-likeness (QED) is 0.387. The summed E-state index contributed by atoms with van der Waals surface area (Å²) >= 11 is 0. The topological polar surface area (TPSA) is 48.9 Å². The SMILES string of the molecule is CCOc1ccccc1CNC(=NC)NCCCN(C(C)C)C(C)C. The number of aliphatic imine (C=N–C) groups is 1. The Morgan fingerprint density at radius 1 is 1.12 bits per heavy atom. The first-order valence-corrected chi connectivity index (χ1v) is 9.40. The molecule has 142 valence electrons. The Bertz CT molecular complexity index is 506. The van der Waals surface area contributed by atoms with Crippen molar-refractivity contribution in [3.8, 4) is 5.75 Å². The van der Waals surface area contributed by atoms with E-state index in [4.69, 9.17) is 4.74 Å². The van der Waals surface area contributed by atoms with Crippen molar-refractivity contribution in [2.24, 2.45) is 4.99 Å². The zero-order valence-corrected chi connectivity index (χ0v) is 16.8. The number of hydrogen-bond acceptors (Lipinski definition) is 3. The van der Waals surface area contributed by atoms with Crippen LogP contribution in [0, 0.1) is 0 Å². The molecule has 0 bridgehead atoms. The third kappa shape index (κ3) is 7.78. The van der Waals surface area contributed by atoms with Gasteiger partial charge in [-0.2, -0.15) is 0 Å². The van der Waals surface area contributed by atoms with Crippen molar-refractivity contribution < 1.29 is 4.74 Å². The zero-order valence-electron chi connectivity index (χ0n) is 16.8. The molecule has 0 saturated carbocycles. The third-order valence-corrected chi connectivity index (χ3v) is 4.15. The molecule has 1 rings (SSSR count). The Morgan fingerprint density at radius 3 is 2.40 bits per heavy atom. The smallest absolute Gasteiger partial charge is 0.191 e. The van der Waals surface area contributed by atoms with E-state index in [1.54, 1.807) is 7.05 Å². The number of nitrogens with zero attached hydrogens (tertiary/aromatic N) is 2. The minimum absolute atomic E-state index is 0.576. The fraction of sp³-hybridized carbons (Fsp3) is 0.650. The van der Waals surface area contributed by atoms with Crippen molar-refractivity contribution in [3.63, 3.8) is 0 Å². The first-order valence-electron chi connectivity index (χ1n) is 9.40. The highest BCUT2D eigenvalue weighted by atomic mass is 16.5. The van der Waals surface area contributed by atoms with E-state index in [1.807, 2.05) is 25.1 Å². The van der Waals surface area contributed by atoms with Gasteiger partial charge in [-0.05, 0) is 47.1 Å². The van der Waals surface area contributed by atoms with E-state index in [0.29, 0.717) is 25.2 Å². The second-order valence-corrected chi connectivity index (χ2v) is 6.67. The molecule has 0 spiro atoms. The van der Waals surface area contributed by atoms with Gasteiger partial charge in [-0.15, -0.1) is 0 Å². The molecule has 5 nitrogen and oxygen atoms in total. The van der Waals surface area contributed by atoms with E-state index in [9.17, 15) is 0 Å². The van der Waals surface area contributed by atoms with Gasteiger partial charge in [0.15, 0.2) is 5.96 Å². The lowest BCUT2D eigenvalue weighted by Gasteiger charge is -2.30. The lowest BCUT2D eigenvalue weighted by Crippen LogP contribution is -2.41. The van der Waals surface area contributed by atoms with Crippen molar-refractivity contribution in [3.05, 3.63) is 29.8 Å². The lowest BCUT2D eigenvalue weighted by molar-refractivity contribution is 0.173. The minimum Gasteiger partial charge on any atom is -0.494 e. The molecule has 0 aliphatic rings. The van der Waals surface area contributed by atoms with Gasteiger partial charge >= 0.3 is 0 Å². The molecule has 0 heterocycles. The minimum atomic E-state index is 0.576. The van der Waals surface area contributed by atoms with Crippen molar-refractivity contribution in [1.82, 2.24) is 15.5 Å². The van der Waals surface area contributed by atoms with Gasteiger partial charge < -0.3 is 15.4 Å². The van der Waals surface area contributed by atoms with Crippen LogP contribution in [0.2, 0.25) is 0 Å². The van der Waals surface area contributed by atoms with Crippen LogP contribution in [0.15, 0.2) is 29.3 Å². The van der Waals surface area contributed by atoms with Crippen molar-refractivity contribution in [2.75, 3.05) is 26.7 Å². The van der Waals surface area contributed by atoms with E-state index in [0.717, 1.165) is 36.8 Å². The molecule has 0 aliphatic carbocycles. The van der Waals surface area contributed by atoms with Gasteiger partial charge in [0.05, 0.1) is 6.61 Å². The van der Waals surface area contributed by atoms with E-state index >= 15 is 0 Å². The summed E-state index contributed by atoms with van der Waals surface area (Å²) in [6, 6.07) is 9.26. The van der Waals surface area contributed by atoms with E-state index in [1.165, 1.54) is 0 Å². The summed E-state index contributed by atoms with van der Waals surface area (Å²) in [7, 11) is 1.80. The van der Waals surface area contributed by atoms with Gasteiger partial charge in [-0.3, -0.25) is 9.89 Å². The summed E-state index contributed by atoms with van der Waals surface area (Å²) in [5.41, 5.74) is 1.14. The number of guanidine groups is 1. The standard InChI is InChI=1S/C20H36N4O/c1-7-25-19-12-9-8-11-18(19)15-23-20(21-6)22-13-10-14-24(16(2)3)17(4)5/h8-9,11-12,16-17H,7,10,13-15H2,1-6H3,(H2,21,22,23). The van der Waals surface area contributed by atoms with E-state index < -0.39 is 0 Å². The summed E-state index contributed by atoms with van der Waals surface area (Å²) in [5.74, 6) is 1.75. The lowest BCUT2D eigenvalue weighted by atomic mass is 10.2. The number of hydrogen-bond donors (Lipinski definition) is 2. The predicted octanol–water partition coefficient (Wildman–Crippen LogP) is 3.26. The van der Waals surface area contributed by atoms with Crippen molar-refractivity contribution >= 4 is 5.96 Å². The van der Waals surface area contributed by atoms with Crippen molar-refractivity contribution in [2.45, 2.75) is 59.7 Å². The van der Waals surface area contributed by atoms with Crippen molar-refractivity contribution in [1.29, 1.82) is 0 Å². The summed E-state index contributed by atoms with van der Waals surface area (Å²) in [6.07, 6.45) is 1.09. The maximum absolute atomic E-state index is 5.67. The fourth-order valence-corrected chi connectivity index (χ4v) is 2.93. The number of ether oxygens (including phenoxy) is 1. The molecule has 1 aromatic rings. The van der Waals surface area contributed by atoms with Crippen LogP contribution in [0.5, 0.6) is 5.75 Å². The van der Waals surface area contributed by atoms with Crippen LogP contribution in [-0.2, 0) is 6.54 Å². The van der Waals surface area contributed by atoms with E-state index in [-0.39, 0.29) is 0 Å². The molecule has 0 atom stereocenters. The van der Waals surface area contributed by atoms with Gasteiger partial charge in [0.25, 0.3) is 0 Å². The van der Waals surface area contributed by atoms with E-state index in [2.05, 4.69) is 54.3 Å². The molecule has 0 unspecified atom stereocenters. The number of nitrogens with one attached hydrogen (secondary N) is 2. The van der Waals surface area contributed by atoms with Crippen LogP contribution >= 0.6 is 0 Å². The molecule has 1 aromatic carbocycles. The Morgan fingerprint density at radius 2 is 1.80 bits per heavy atom. The maximum Gasteiger partial charge on any atom is 0.191 e. The summed E-state index contributed by atoms with van der Waals surface area (Å²) < 4.78 is 5.67. The number of para-hydroxylation sites is 1. The Labute approximate surface area is 153 Å². The second kappa shape index (κ2) is 11.7. The molecule has 0 amide bonds. The number of rotatable bonds is 10. The fourth-order valence-electron chi connectivity index (χ4n) is 2.93. The van der Waals surface area contributed by atoms with Gasteiger partial charge in [-0.1, -0.05) is 18.2 Å².